The standard InChI is InChI=1S/C20H26N2O2/c1-3-5-15-24-19-14-10-9-13-18(19)21-16-20(23)22(4-2)17-11-7-6-8-12-17/h6-14,21H,3-5,15-16H2,1-2H3. The first-order valence-electron chi connectivity index (χ1n) is 8.57. The number of benzene rings is 2. The zero-order valence-electron chi connectivity index (χ0n) is 14.5. The van der Waals surface area contributed by atoms with Crippen LogP contribution >= 0.6 is 0 Å². The van der Waals surface area contributed by atoms with E-state index in [4.69, 9.17) is 4.74 Å². The molecule has 2 rings (SSSR count). The Hall–Kier alpha value is -2.49. The summed E-state index contributed by atoms with van der Waals surface area (Å²) in [5.41, 5.74) is 1.77. The Morgan fingerprint density at radius 2 is 1.75 bits per heavy atom. The Balaban J connectivity index is 1.98. The molecule has 0 aromatic heterocycles. The van der Waals surface area contributed by atoms with Gasteiger partial charge in [-0.2, -0.15) is 0 Å². The highest BCUT2D eigenvalue weighted by Gasteiger charge is 2.14. The summed E-state index contributed by atoms with van der Waals surface area (Å²) < 4.78 is 5.79. The maximum absolute atomic E-state index is 12.5. The van der Waals surface area contributed by atoms with Crippen LogP contribution in [0.15, 0.2) is 54.6 Å². The summed E-state index contributed by atoms with van der Waals surface area (Å²) >= 11 is 0. The van der Waals surface area contributed by atoms with E-state index in [1.54, 1.807) is 4.90 Å². The van der Waals surface area contributed by atoms with Crippen LogP contribution in [-0.2, 0) is 4.79 Å². The summed E-state index contributed by atoms with van der Waals surface area (Å²) in [4.78, 5) is 14.3. The van der Waals surface area contributed by atoms with E-state index in [2.05, 4.69) is 12.2 Å². The predicted octanol–water partition coefficient (Wildman–Crippen LogP) is 4.33. The van der Waals surface area contributed by atoms with Crippen LogP contribution in [0.4, 0.5) is 11.4 Å². The van der Waals surface area contributed by atoms with Crippen molar-refractivity contribution in [2.45, 2.75) is 26.7 Å². The molecule has 0 heterocycles. The second kappa shape index (κ2) is 9.60. The zero-order chi connectivity index (χ0) is 17.2. The molecule has 0 radical (unpaired) electrons. The van der Waals surface area contributed by atoms with Gasteiger partial charge in [0.05, 0.1) is 18.8 Å². The van der Waals surface area contributed by atoms with Crippen molar-refractivity contribution in [1.29, 1.82) is 0 Å². The molecule has 0 atom stereocenters. The van der Waals surface area contributed by atoms with Gasteiger partial charge in [0, 0.05) is 12.2 Å². The minimum Gasteiger partial charge on any atom is -0.491 e. The lowest BCUT2D eigenvalue weighted by molar-refractivity contribution is -0.116. The van der Waals surface area contributed by atoms with E-state index < -0.39 is 0 Å². The fourth-order valence-corrected chi connectivity index (χ4v) is 2.44. The average molecular weight is 326 g/mol. The van der Waals surface area contributed by atoms with Gasteiger partial charge in [0.1, 0.15) is 5.75 Å². The van der Waals surface area contributed by atoms with Crippen LogP contribution in [0.2, 0.25) is 0 Å². The van der Waals surface area contributed by atoms with Crippen LogP contribution in [0.3, 0.4) is 0 Å². The normalized spacial score (nSPS) is 10.2. The maximum atomic E-state index is 12.5. The van der Waals surface area contributed by atoms with E-state index in [0.29, 0.717) is 13.2 Å². The molecule has 1 amide bonds. The summed E-state index contributed by atoms with van der Waals surface area (Å²) in [6.07, 6.45) is 2.11. The third-order valence-corrected chi connectivity index (χ3v) is 3.76. The van der Waals surface area contributed by atoms with Gasteiger partial charge in [-0.15, -0.1) is 0 Å². The van der Waals surface area contributed by atoms with E-state index in [1.165, 1.54) is 0 Å². The van der Waals surface area contributed by atoms with Crippen molar-refractivity contribution in [3.63, 3.8) is 0 Å². The van der Waals surface area contributed by atoms with Gasteiger partial charge in [-0.1, -0.05) is 43.7 Å². The van der Waals surface area contributed by atoms with Crippen molar-refractivity contribution in [2.24, 2.45) is 0 Å². The highest BCUT2D eigenvalue weighted by molar-refractivity contribution is 5.96. The molecule has 4 nitrogen and oxygen atoms in total. The highest BCUT2D eigenvalue weighted by Crippen LogP contribution is 2.24. The number of ether oxygens (including phenoxy) is 1. The molecule has 0 saturated carbocycles. The van der Waals surface area contributed by atoms with Gasteiger partial charge >= 0.3 is 0 Å². The molecule has 1 N–H and O–H groups in total. The third-order valence-electron chi connectivity index (χ3n) is 3.76. The molecule has 0 aliphatic rings. The Morgan fingerprint density at radius 1 is 1.04 bits per heavy atom. The molecule has 4 heteroatoms. The Morgan fingerprint density at radius 3 is 2.46 bits per heavy atom. The summed E-state index contributed by atoms with van der Waals surface area (Å²) in [5, 5.41) is 3.21. The van der Waals surface area contributed by atoms with Crippen molar-refractivity contribution in [1.82, 2.24) is 0 Å². The van der Waals surface area contributed by atoms with Gasteiger partial charge in [0.25, 0.3) is 0 Å². The van der Waals surface area contributed by atoms with Crippen LogP contribution in [0.5, 0.6) is 5.75 Å². The largest absolute Gasteiger partial charge is 0.491 e. The third kappa shape index (κ3) is 5.01. The van der Waals surface area contributed by atoms with E-state index in [1.807, 2.05) is 61.5 Å². The number of unbranched alkanes of at least 4 members (excludes halogenated alkanes) is 1. The van der Waals surface area contributed by atoms with Crippen molar-refractivity contribution < 1.29 is 9.53 Å². The second-order valence-corrected chi connectivity index (χ2v) is 5.53. The Labute approximate surface area is 144 Å². The van der Waals surface area contributed by atoms with E-state index in [0.717, 1.165) is 30.0 Å². The van der Waals surface area contributed by atoms with Crippen molar-refractivity contribution in [2.75, 3.05) is 29.9 Å². The van der Waals surface area contributed by atoms with Crippen LogP contribution in [0.1, 0.15) is 26.7 Å². The first kappa shape index (κ1) is 17.9. The molecule has 0 saturated heterocycles. The number of amides is 1. The lowest BCUT2D eigenvalue weighted by atomic mass is 10.2. The fourth-order valence-electron chi connectivity index (χ4n) is 2.44. The van der Waals surface area contributed by atoms with Gasteiger partial charge in [-0.05, 0) is 37.6 Å². The molecule has 0 fully saturated rings. The van der Waals surface area contributed by atoms with Crippen LogP contribution in [0.25, 0.3) is 0 Å². The van der Waals surface area contributed by atoms with Gasteiger partial charge in [-0.3, -0.25) is 4.79 Å². The number of carbonyl (C=O) groups excluding carboxylic acids is 1. The smallest absolute Gasteiger partial charge is 0.246 e. The van der Waals surface area contributed by atoms with Crippen LogP contribution in [-0.4, -0.2) is 25.6 Å². The molecule has 0 aliphatic heterocycles. The van der Waals surface area contributed by atoms with Crippen molar-refractivity contribution >= 4 is 17.3 Å². The Bertz CT molecular complexity index is 629. The van der Waals surface area contributed by atoms with Gasteiger partial charge in [0.2, 0.25) is 5.91 Å². The van der Waals surface area contributed by atoms with E-state index in [-0.39, 0.29) is 12.5 Å². The van der Waals surface area contributed by atoms with Gasteiger partial charge in [0.15, 0.2) is 0 Å². The number of rotatable bonds is 9. The minimum absolute atomic E-state index is 0.0343. The summed E-state index contributed by atoms with van der Waals surface area (Å²) in [6, 6.07) is 17.5. The maximum Gasteiger partial charge on any atom is 0.246 e. The average Bonchev–Trinajstić information content (AvgIpc) is 2.62. The number of nitrogens with one attached hydrogen (secondary N) is 1. The fraction of sp³-hybridized carbons (Fsp3) is 0.350. The number of carbonyl (C=O) groups is 1. The van der Waals surface area contributed by atoms with Crippen molar-refractivity contribution in [3.05, 3.63) is 54.6 Å². The summed E-state index contributed by atoms with van der Waals surface area (Å²) in [7, 11) is 0. The molecule has 2 aromatic rings. The molecular weight excluding hydrogens is 300 g/mol. The molecular formula is C20H26N2O2. The lowest BCUT2D eigenvalue weighted by Crippen LogP contribution is -2.35. The summed E-state index contributed by atoms with van der Waals surface area (Å²) in [5.74, 6) is 0.827. The highest BCUT2D eigenvalue weighted by atomic mass is 16.5. The number of hydrogen-bond acceptors (Lipinski definition) is 3. The number of para-hydroxylation sites is 3. The number of anilines is 2. The predicted molar refractivity (Wildman–Crippen MR) is 99.8 cm³/mol. The first-order valence-corrected chi connectivity index (χ1v) is 8.57. The molecule has 0 unspecified atom stereocenters. The van der Waals surface area contributed by atoms with Gasteiger partial charge in [-0.25, -0.2) is 0 Å². The minimum atomic E-state index is 0.0343. The number of nitrogens with zero attached hydrogens (tertiary/aromatic N) is 1. The van der Waals surface area contributed by atoms with E-state index >= 15 is 0 Å². The Kier molecular flexibility index (Phi) is 7.15. The monoisotopic (exact) mass is 326 g/mol. The summed E-state index contributed by atoms with van der Waals surface area (Å²) in [6.45, 7) is 5.67. The first-order chi connectivity index (χ1) is 11.8. The SMILES string of the molecule is CCCCOc1ccccc1NCC(=O)N(CC)c1ccccc1. The number of likely N-dealkylation sites (N-methyl/N-ethyl adjacent to an activating group) is 1. The second-order valence-electron chi connectivity index (χ2n) is 5.53. The van der Waals surface area contributed by atoms with Crippen molar-refractivity contribution in [3.8, 4) is 5.75 Å². The molecule has 2 aromatic carbocycles. The molecule has 24 heavy (non-hydrogen) atoms. The lowest BCUT2D eigenvalue weighted by Gasteiger charge is -2.22. The molecule has 0 spiro atoms. The number of hydrogen-bond donors (Lipinski definition) is 1. The van der Waals surface area contributed by atoms with Gasteiger partial charge < -0.3 is 15.0 Å². The molecule has 0 aliphatic carbocycles. The zero-order valence-corrected chi connectivity index (χ0v) is 14.5. The molecule has 0 bridgehead atoms. The molecule has 128 valence electrons. The quantitative estimate of drug-likeness (QED) is 0.697. The van der Waals surface area contributed by atoms with Crippen LogP contribution in [0, 0.1) is 0 Å². The van der Waals surface area contributed by atoms with Crippen LogP contribution < -0.4 is 15.0 Å². The topological polar surface area (TPSA) is 41.6 Å². The van der Waals surface area contributed by atoms with E-state index in [9.17, 15) is 4.79 Å².